The molecule has 1 rings (SSSR count). The molecule has 4 heteroatoms. The lowest BCUT2D eigenvalue weighted by atomic mass is 9.83. The van der Waals surface area contributed by atoms with E-state index < -0.39 is 0 Å². The fourth-order valence-corrected chi connectivity index (χ4v) is 2.45. The van der Waals surface area contributed by atoms with E-state index >= 15 is 0 Å². The SMILES string of the molecule is CCC(CC)(CO)CNCCC(=O)N1CCCC1. The molecule has 0 aliphatic carbocycles. The molecular weight excluding hydrogens is 228 g/mol. The third-order valence-corrected chi connectivity index (χ3v) is 4.31. The molecule has 0 aromatic carbocycles. The molecule has 4 nitrogen and oxygen atoms in total. The lowest BCUT2D eigenvalue weighted by Crippen LogP contribution is -2.38. The first-order chi connectivity index (χ1) is 8.67. The van der Waals surface area contributed by atoms with E-state index in [0.717, 1.165) is 51.9 Å². The van der Waals surface area contributed by atoms with Gasteiger partial charge in [0.1, 0.15) is 0 Å². The van der Waals surface area contributed by atoms with Crippen LogP contribution < -0.4 is 5.32 Å². The molecule has 0 saturated carbocycles. The van der Waals surface area contributed by atoms with E-state index in [9.17, 15) is 9.90 Å². The molecule has 1 amide bonds. The number of aliphatic hydroxyl groups is 1. The van der Waals surface area contributed by atoms with Crippen LogP contribution >= 0.6 is 0 Å². The summed E-state index contributed by atoms with van der Waals surface area (Å²) in [7, 11) is 0. The number of hydrogen-bond donors (Lipinski definition) is 2. The molecule has 106 valence electrons. The zero-order chi connectivity index (χ0) is 13.4. The zero-order valence-electron chi connectivity index (χ0n) is 11.9. The molecule has 0 bridgehead atoms. The van der Waals surface area contributed by atoms with Crippen LogP contribution in [0.15, 0.2) is 0 Å². The summed E-state index contributed by atoms with van der Waals surface area (Å²) in [4.78, 5) is 13.8. The molecule has 0 atom stereocenters. The van der Waals surface area contributed by atoms with E-state index in [-0.39, 0.29) is 17.9 Å². The molecule has 1 saturated heterocycles. The van der Waals surface area contributed by atoms with Crippen molar-refractivity contribution in [3.05, 3.63) is 0 Å². The van der Waals surface area contributed by atoms with Crippen molar-refractivity contribution in [3.63, 3.8) is 0 Å². The van der Waals surface area contributed by atoms with Crippen molar-refractivity contribution < 1.29 is 9.90 Å². The summed E-state index contributed by atoms with van der Waals surface area (Å²) >= 11 is 0. The van der Waals surface area contributed by atoms with Gasteiger partial charge in [0.15, 0.2) is 0 Å². The van der Waals surface area contributed by atoms with E-state index in [0.29, 0.717) is 6.42 Å². The molecule has 0 spiro atoms. The van der Waals surface area contributed by atoms with Crippen molar-refractivity contribution >= 4 is 5.91 Å². The number of carbonyl (C=O) groups is 1. The average molecular weight is 256 g/mol. The maximum absolute atomic E-state index is 11.8. The molecule has 0 radical (unpaired) electrons. The minimum Gasteiger partial charge on any atom is -0.396 e. The molecule has 1 aliphatic rings. The Morgan fingerprint density at radius 1 is 1.28 bits per heavy atom. The Morgan fingerprint density at radius 3 is 2.39 bits per heavy atom. The van der Waals surface area contributed by atoms with Gasteiger partial charge in [-0.25, -0.2) is 0 Å². The van der Waals surface area contributed by atoms with Crippen LogP contribution in [-0.2, 0) is 4.79 Å². The summed E-state index contributed by atoms with van der Waals surface area (Å²) < 4.78 is 0. The highest BCUT2D eigenvalue weighted by atomic mass is 16.3. The Labute approximate surface area is 111 Å². The summed E-state index contributed by atoms with van der Waals surface area (Å²) in [6.07, 6.45) is 4.81. The topological polar surface area (TPSA) is 52.6 Å². The van der Waals surface area contributed by atoms with Gasteiger partial charge < -0.3 is 15.3 Å². The van der Waals surface area contributed by atoms with Gasteiger partial charge >= 0.3 is 0 Å². The number of nitrogens with zero attached hydrogens (tertiary/aromatic N) is 1. The van der Waals surface area contributed by atoms with Gasteiger partial charge in [-0.3, -0.25) is 4.79 Å². The van der Waals surface area contributed by atoms with Crippen LogP contribution in [0, 0.1) is 5.41 Å². The minimum atomic E-state index is -0.0172. The van der Waals surface area contributed by atoms with E-state index in [1.165, 1.54) is 0 Å². The van der Waals surface area contributed by atoms with Crippen LogP contribution in [-0.4, -0.2) is 48.7 Å². The first-order valence-corrected chi connectivity index (χ1v) is 7.27. The van der Waals surface area contributed by atoms with Gasteiger partial charge in [0.25, 0.3) is 0 Å². The van der Waals surface area contributed by atoms with Gasteiger partial charge in [0.05, 0.1) is 0 Å². The van der Waals surface area contributed by atoms with Crippen molar-refractivity contribution in [3.8, 4) is 0 Å². The zero-order valence-corrected chi connectivity index (χ0v) is 11.9. The Hall–Kier alpha value is -0.610. The molecule has 0 aromatic heterocycles. The van der Waals surface area contributed by atoms with Crippen molar-refractivity contribution in [2.75, 3.05) is 32.8 Å². The summed E-state index contributed by atoms with van der Waals surface area (Å²) in [5.74, 6) is 0.266. The third kappa shape index (κ3) is 4.25. The molecule has 18 heavy (non-hydrogen) atoms. The number of amides is 1. The van der Waals surface area contributed by atoms with Crippen LogP contribution in [0.2, 0.25) is 0 Å². The number of rotatable bonds is 8. The Balaban J connectivity index is 2.19. The first-order valence-electron chi connectivity index (χ1n) is 7.27. The predicted molar refractivity (Wildman–Crippen MR) is 73.4 cm³/mol. The number of hydrogen-bond acceptors (Lipinski definition) is 3. The molecular formula is C14H28N2O2. The summed E-state index contributed by atoms with van der Waals surface area (Å²) in [5.41, 5.74) is -0.0172. The standard InChI is InChI=1S/C14H28N2O2/c1-3-14(4-2,12-17)11-15-8-7-13(18)16-9-5-6-10-16/h15,17H,3-12H2,1-2H3. The lowest BCUT2D eigenvalue weighted by molar-refractivity contribution is -0.130. The van der Waals surface area contributed by atoms with Crippen LogP contribution in [0.3, 0.4) is 0 Å². The maximum atomic E-state index is 11.8. The quantitative estimate of drug-likeness (QED) is 0.645. The van der Waals surface area contributed by atoms with Crippen molar-refractivity contribution in [1.82, 2.24) is 10.2 Å². The second-order valence-corrected chi connectivity index (χ2v) is 5.38. The van der Waals surface area contributed by atoms with E-state index in [4.69, 9.17) is 0 Å². The third-order valence-electron chi connectivity index (χ3n) is 4.31. The second-order valence-electron chi connectivity index (χ2n) is 5.38. The lowest BCUT2D eigenvalue weighted by Gasteiger charge is -2.29. The Morgan fingerprint density at radius 2 is 1.89 bits per heavy atom. The van der Waals surface area contributed by atoms with Gasteiger partial charge in [-0.1, -0.05) is 13.8 Å². The van der Waals surface area contributed by atoms with Crippen LogP contribution in [0.25, 0.3) is 0 Å². The van der Waals surface area contributed by atoms with Crippen LogP contribution in [0.4, 0.5) is 0 Å². The average Bonchev–Trinajstić information content (AvgIpc) is 2.94. The molecule has 1 heterocycles. The summed E-state index contributed by atoms with van der Waals surface area (Å²) in [5, 5.41) is 12.8. The normalized spacial score (nSPS) is 16.3. The van der Waals surface area contributed by atoms with Crippen molar-refractivity contribution in [1.29, 1.82) is 0 Å². The molecule has 0 aromatic rings. The molecule has 0 unspecified atom stereocenters. The molecule has 2 N–H and O–H groups in total. The van der Waals surface area contributed by atoms with Gasteiger partial charge in [-0.05, 0) is 25.7 Å². The largest absolute Gasteiger partial charge is 0.396 e. The molecule has 1 aliphatic heterocycles. The van der Waals surface area contributed by atoms with Gasteiger partial charge in [-0.15, -0.1) is 0 Å². The molecule has 1 fully saturated rings. The van der Waals surface area contributed by atoms with Gasteiger partial charge in [0, 0.05) is 44.6 Å². The van der Waals surface area contributed by atoms with Gasteiger partial charge in [-0.2, -0.15) is 0 Å². The van der Waals surface area contributed by atoms with E-state index in [1.807, 2.05) is 4.90 Å². The highest BCUT2D eigenvalue weighted by Gasteiger charge is 2.24. The highest BCUT2D eigenvalue weighted by molar-refractivity contribution is 5.76. The fourth-order valence-electron chi connectivity index (χ4n) is 2.45. The van der Waals surface area contributed by atoms with E-state index in [1.54, 1.807) is 0 Å². The van der Waals surface area contributed by atoms with Crippen molar-refractivity contribution in [2.45, 2.75) is 46.0 Å². The number of likely N-dealkylation sites (tertiary alicyclic amines) is 1. The highest BCUT2D eigenvalue weighted by Crippen LogP contribution is 2.24. The van der Waals surface area contributed by atoms with Crippen molar-refractivity contribution in [2.24, 2.45) is 5.41 Å². The predicted octanol–water partition coefficient (Wildman–Crippen LogP) is 1.39. The fraction of sp³-hybridized carbons (Fsp3) is 0.929. The minimum absolute atomic E-state index is 0.0172. The van der Waals surface area contributed by atoms with Crippen LogP contribution in [0.1, 0.15) is 46.0 Å². The van der Waals surface area contributed by atoms with E-state index in [2.05, 4.69) is 19.2 Å². The Bertz CT molecular complexity index is 238. The summed E-state index contributed by atoms with van der Waals surface area (Å²) in [6, 6.07) is 0. The Kier molecular flexibility index (Phi) is 6.65. The first kappa shape index (κ1) is 15.4. The van der Waals surface area contributed by atoms with Crippen LogP contribution in [0.5, 0.6) is 0 Å². The van der Waals surface area contributed by atoms with Gasteiger partial charge in [0.2, 0.25) is 5.91 Å². The second kappa shape index (κ2) is 7.74. The summed E-state index contributed by atoms with van der Waals surface area (Å²) in [6.45, 7) is 7.81. The number of carbonyl (C=O) groups excluding carboxylic acids is 1. The smallest absolute Gasteiger partial charge is 0.223 e. The monoisotopic (exact) mass is 256 g/mol. The number of aliphatic hydroxyl groups excluding tert-OH is 1. The number of nitrogens with one attached hydrogen (secondary N) is 1. The maximum Gasteiger partial charge on any atom is 0.223 e.